The van der Waals surface area contributed by atoms with Gasteiger partial charge in [0, 0.05) is 12.1 Å². The van der Waals surface area contributed by atoms with Crippen molar-refractivity contribution in [3.05, 3.63) is 35.4 Å². The molecule has 3 atom stereocenters. The lowest BCUT2D eigenvalue weighted by atomic mass is 9.89. The Hall–Kier alpha value is -1.35. The highest BCUT2D eigenvalue weighted by molar-refractivity contribution is 5.70. The van der Waals surface area contributed by atoms with Gasteiger partial charge in [-0.25, -0.2) is 0 Å². The molecule has 3 unspecified atom stereocenters. The van der Waals surface area contributed by atoms with Gasteiger partial charge in [0.25, 0.3) is 0 Å². The van der Waals surface area contributed by atoms with Gasteiger partial charge in [0.2, 0.25) is 0 Å². The van der Waals surface area contributed by atoms with Crippen molar-refractivity contribution >= 4 is 5.97 Å². The molecule has 1 N–H and O–H groups in total. The fourth-order valence-electron chi connectivity index (χ4n) is 3.43. The van der Waals surface area contributed by atoms with E-state index in [0.29, 0.717) is 12.1 Å². The van der Waals surface area contributed by atoms with Crippen molar-refractivity contribution in [2.45, 2.75) is 58.5 Å². The number of rotatable bonds is 5. The molecule has 1 aromatic rings. The lowest BCUT2D eigenvalue weighted by molar-refractivity contribution is -0.144. The first-order valence-electron chi connectivity index (χ1n) is 8.10. The fraction of sp³-hybridized carbons (Fsp3) is 0.611. The average molecular weight is 289 g/mol. The quantitative estimate of drug-likeness (QED) is 0.894. The van der Waals surface area contributed by atoms with Gasteiger partial charge < -0.3 is 5.11 Å². The number of aliphatic carboxylic acids is 1. The summed E-state index contributed by atoms with van der Waals surface area (Å²) in [5.74, 6) is -0.812. The Morgan fingerprint density at radius 3 is 2.57 bits per heavy atom. The minimum Gasteiger partial charge on any atom is -0.481 e. The first-order chi connectivity index (χ1) is 10.0. The van der Waals surface area contributed by atoms with E-state index in [1.807, 2.05) is 0 Å². The third kappa shape index (κ3) is 3.85. The lowest BCUT2D eigenvalue weighted by Gasteiger charge is -2.40. The summed E-state index contributed by atoms with van der Waals surface area (Å²) in [4.78, 5) is 13.6. The van der Waals surface area contributed by atoms with Gasteiger partial charge in [0.15, 0.2) is 0 Å². The third-order valence-corrected chi connectivity index (χ3v) is 4.78. The predicted octanol–water partition coefficient (Wildman–Crippen LogP) is 3.89. The molecule has 1 aliphatic heterocycles. The molecule has 1 fully saturated rings. The van der Waals surface area contributed by atoms with Gasteiger partial charge in [0.1, 0.15) is 0 Å². The monoisotopic (exact) mass is 289 g/mol. The topological polar surface area (TPSA) is 40.5 Å². The van der Waals surface area contributed by atoms with E-state index in [-0.39, 0.29) is 5.92 Å². The van der Waals surface area contributed by atoms with Crippen LogP contribution >= 0.6 is 0 Å². The molecule has 3 heteroatoms. The van der Waals surface area contributed by atoms with Crippen LogP contribution in [0.1, 0.15) is 57.2 Å². The summed E-state index contributed by atoms with van der Waals surface area (Å²) in [6.45, 7) is 7.45. The highest BCUT2D eigenvalue weighted by Gasteiger charge is 2.32. The van der Waals surface area contributed by atoms with Crippen molar-refractivity contribution in [3.63, 3.8) is 0 Å². The van der Waals surface area contributed by atoms with E-state index in [1.54, 1.807) is 0 Å². The van der Waals surface area contributed by atoms with E-state index in [4.69, 9.17) is 5.11 Å². The van der Waals surface area contributed by atoms with Gasteiger partial charge in [-0.2, -0.15) is 0 Å². The van der Waals surface area contributed by atoms with E-state index < -0.39 is 5.97 Å². The largest absolute Gasteiger partial charge is 0.481 e. The number of piperidine rings is 1. The Bertz CT molecular complexity index is 469. The standard InChI is InChI=1S/C18H27NO2/c1-4-5-15-6-8-16(9-7-15)14(3)19-11-10-17(18(20)21)12-13(19)2/h6-9,13-14,17H,4-5,10-12H2,1-3H3,(H,20,21). The second-order valence-electron chi connectivity index (χ2n) is 6.31. The molecule has 0 spiro atoms. The second kappa shape index (κ2) is 7.08. The molecule has 1 aliphatic rings. The zero-order chi connectivity index (χ0) is 15.4. The number of carbonyl (C=O) groups is 1. The zero-order valence-corrected chi connectivity index (χ0v) is 13.4. The molecule has 3 nitrogen and oxygen atoms in total. The first kappa shape index (κ1) is 16.0. The number of nitrogens with zero attached hydrogens (tertiary/aromatic N) is 1. The first-order valence-corrected chi connectivity index (χ1v) is 8.10. The summed E-state index contributed by atoms with van der Waals surface area (Å²) in [6.07, 6.45) is 3.83. The maximum absolute atomic E-state index is 11.1. The smallest absolute Gasteiger partial charge is 0.306 e. The molecule has 0 aromatic heterocycles. The van der Waals surface area contributed by atoms with Crippen molar-refractivity contribution in [2.24, 2.45) is 5.92 Å². The van der Waals surface area contributed by atoms with Crippen LogP contribution in [0.5, 0.6) is 0 Å². The van der Waals surface area contributed by atoms with E-state index in [0.717, 1.165) is 25.8 Å². The van der Waals surface area contributed by atoms with Crippen LogP contribution in [0.2, 0.25) is 0 Å². The van der Waals surface area contributed by atoms with E-state index in [9.17, 15) is 4.79 Å². The summed E-state index contributed by atoms with van der Waals surface area (Å²) in [7, 11) is 0. The number of hydrogen-bond donors (Lipinski definition) is 1. The summed E-state index contributed by atoms with van der Waals surface area (Å²) in [6, 6.07) is 9.58. The van der Waals surface area contributed by atoms with E-state index in [1.165, 1.54) is 17.5 Å². The summed E-state index contributed by atoms with van der Waals surface area (Å²) in [5.41, 5.74) is 2.72. The molecule has 2 rings (SSSR count). The zero-order valence-electron chi connectivity index (χ0n) is 13.4. The maximum atomic E-state index is 11.1. The molecule has 0 radical (unpaired) electrons. The lowest BCUT2D eigenvalue weighted by Crippen LogP contribution is -2.43. The molecule has 0 bridgehead atoms. The molecule has 0 aliphatic carbocycles. The van der Waals surface area contributed by atoms with Crippen LogP contribution in [0.15, 0.2) is 24.3 Å². The molecular weight excluding hydrogens is 262 g/mol. The highest BCUT2D eigenvalue weighted by Crippen LogP contribution is 2.31. The predicted molar refractivity (Wildman–Crippen MR) is 85.4 cm³/mol. The van der Waals surface area contributed by atoms with Crippen LogP contribution in [0, 0.1) is 5.92 Å². The fourth-order valence-corrected chi connectivity index (χ4v) is 3.43. The Labute approximate surface area is 128 Å². The second-order valence-corrected chi connectivity index (χ2v) is 6.31. The Morgan fingerprint density at radius 1 is 1.38 bits per heavy atom. The van der Waals surface area contributed by atoms with Crippen molar-refractivity contribution in [3.8, 4) is 0 Å². The number of aryl methyl sites for hydroxylation is 1. The van der Waals surface area contributed by atoms with Crippen molar-refractivity contribution in [1.82, 2.24) is 4.90 Å². The van der Waals surface area contributed by atoms with Crippen LogP contribution in [0.4, 0.5) is 0 Å². The van der Waals surface area contributed by atoms with Crippen LogP contribution in [0.3, 0.4) is 0 Å². The summed E-state index contributed by atoms with van der Waals surface area (Å²) < 4.78 is 0. The highest BCUT2D eigenvalue weighted by atomic mass is 16.4. The number of carboxylic acids is 1. The van der Waals surface area contributed by atoms with Gasteiger partial charge in [-0.15, -0.1) is 0 Å². The minimum atomic E-state index is -0.641. The molecule has 1 saturated heterocycles. The molecule has 21 heavy (non-hydrogen) atoms. The van der Waals surface area contributed by atoms with Gasteiger partial charge in [-0.05, 0) is 50.8 Å². The van der Waals surface area contributed by atoms with Crippen LogP contribution in [0.25, 0.3) is 0 Å². The van der Waals surface area contributed by atoms with Gasteiger partial charge in [0.05, 0.1) is 5.92 Å². The van der Waals surface area contributed by atoms with Crippen LogP contribution in [-0.4, -0.2) is 28.6 Å². The minimum absolute atomic E-state index is 0.171. The molecule has 1 aromatic carbocycles. The van der Waals surface area contributed by atoms with Crippen LogP contribution in [-0.2, 0) is 11.2 Å². The molecule has 1 heterocycles. The molecule has 116 valence electrons. The SMILES string of the molecule is CCCc1ccc(C(C)N2CCC(C(=O)O)CC2C)cc1. The van der Waals surface area contributed by atoms with Crippen molar-refractivity contribution in [1.29, 1.82) is 0 Å². The van der Waals surface area contributed by atoms with Crippen LogP contribution < -0.4 is 0 Å². The molecule has 0 saturated carbocycles. The average Bonchev–Trinajstić information content (AvgIpc) is 2.47. The van der Waals surface area contributed by atoms with Crippen molar-refractivity contribution in [2.75, 3.05) is 6.54 Å². The number of likely N-dealkylation sites (tertiary alicyclic amines) is 1. The summed E-state index contributed by atoms with van der Waals surface area (Å²) in [5, 5.41) is 9.16. The Kier molecular flexibility index (Phi) is 5.40. The number of hydrogen-bond acceptors (Lipinski definition) is 2. The maximum Gasteiger partial charge on any atom is 0.306 e. The van der Waals surface area contributed by atoms with E-state index in [2.05, 4.69) is 49.9 Å². The normalized spacial score (nSPS) is 24.7. The third-order valence-electron chi connectivity index (χ3n) is 4.78. The van der Waals surface area contributed by atoms with Crippen molar-refractivity contribution < 1.29 is 9.90 Å². The molecule has 0 amide bonds. The van der Waals surface area contributed by atoms with E-state index >= 15 is 0 Å². The van der Waals surface area contributed by atoms with Gasteiger partial charge in [-0.1, -0.05) is 37.6 Å². The summed E-state index contributed by atoms with van der Waals surface area (Å²) >= 11 is 0. The Morgan fingerprint density at radius 2 is 2.05 bits per heavy atom. The van der Waals surface area contributed by atoms with Gasteiger partial charge >= 0.3 is 5.97 Å². The number of benzene rings is 1. The number of carboxylic acid groups (broad SMARTS) is 1. The molecular formula is C18H27NO2. The van der Waals surface area contributed by atoms with Gasteiger partial charge in [-0.3, -0.25) is 9.69 Å². The Balaban J connectivity index is 2.02.